The number of benzene rings is 1. The number of nitrogens with zero attached hydrogens (tertiary/aromatic N) is 2. The van der Waals surface area contributed by atoms with Gasteiger partial charge in [0.15, 0.2) is 4.90 Å². The van der Waals surface area contributed by atoms with E-state index in [1.807, 2.05) is 22.6 Å². The Hall–Kier alpha value is -1.62. The summed E-state index contributed by atoms with van der Waals surface area (Å²) < 4.78 is 29.5. The highest BCUT2D eigenvalue weighted by molar-refractivity contribution is 14.1. The molecule has 0 fully saturated rings. The fourth-order valence-electron chi connectivity index (χ4n) is 1.70. The van der Waals surface area contributed by atoms with Crippen molar-refractivity contribution in [3.63, 3.8) is 0 Å². The predicted octanol–water partition coefficient (Wildman–Crippen LogP) is 0.489. The van der Waals surface area contributed by atoms with Gasteiger partial charge in [-0.3, -0.25) is 14.1 Å². The molecule has 2 aromatic rings. The second-order valence-electron chi connectivity index (χ2n) is 4.34. The van der Waals surface area contributed by atoms with Crippen LogP contribution in [0, 0.1) is 3.57 Å². The molecule has 0 aliphatic carbocycles. The lowest BCUT2D eigenvalue weighted by Gasteiger charge is -2.11. The molecule has 9 heteroatoms. The van der Waals surface area contributed by atoms with Gasteiger partial charge < -0.3 is 4.57 Å². The van der Waals surface area contributed by atoms with Gasteiger partial charge in [0.05, 0.1) is 5.69 Å². The molecule has 0 atom stereocenters. The number of nitrogens with one attached hydrogen (secondary N) is 1. The lowest BCUT2D eigenvalue weighted by molar-refractivity contribution is 0.589. The second kappa shape index (κ2) is 5.64. The van der Waals surface area contributed by atoms with Crippen LogP contribution in [0.4, 0.5) is 5.69 Å². The van der Waals surface area contributed by atoms with Gasteiger partial charge in [0.25, 0.3) is 15.6 Å². The molecule has 0 aliphatic heterocycles. The summed E-state index contributed by atoms with van der Waals surface area (Å²) in [6, 6.07) is 6.77. The number of rotatable bonds is 3. The first-order valence-electron chi connectivity index (χ1n) is 5.78. The van der Waals surface area contributed by atoms with Crippen molar-refractivity contribution in [2.75, 3.05) is 4.72 Å². The molecule has 1 aromatic heterocycles. The molecule has 1 aromatic carbocycles. The Bertz CT molecular complexity index is 915. The SMILES string of the molecule is Cn1cc(S(=O)(=O)Nc2ccccc2I)c(=O)n(C)c1=O. The average Bonchev–Trinajstić information content (AvgIpc) is 2.42. The number of hydrogen-bond donors (Lipinski definition) is 1. The van der Waals surface area contributed by atoms with Crippen LogP contribution in [0.2, 0.25) is 0 Å². The molecule has 112 valence electrons. The highest BCUT2D eigenvalue weighted by Crippen LogP contribution is 2.19. The van der Waals surface area contributed by atoms with E-state index in [9.17, 15) is 18.0 Å². The Morgan fingerprint density at radius 3 is 2.38 bits per heavy atom. The van der Waals surface area contributed by atoms with Crippen molar-refractivity contribution in [3.05, 3.63) is 54.9 Å². The summed E-state index contributed by atoms with van der Waals surface area (Å²) >= 11 is 1.98. The van der Waals surface area contributed by atoms with Crippen LogP contribution >= 0.6 is 22.6 Å². The number of sulfonamides is 1. The molecule has 21 heavy (non-hydrogen) atoms. The Kier molecular flexibility index (Phi) is 4.23. The Labute approximate surface area is 134 Å². The van der Waals surface area contributed by atoms with Crippen LogP contribution in [0.15, 0.2) is 44.9 Å². The van der Waals surface area contributed by atoms with Gasteiger partial charge in [-0.1, -0.05) is 12.1 Å². The first kappa shape index (κ1) is 15.8. The normalized spacial score (nSPS) is 11.4. The Morgan fingerprint density at radius 1 is 1.14 bits per heavy atom. The van der Waals surface area contributed by atoms with Crippen LogP contribution in [0.5, 0.6) is 0 Å². The zero-order chi connectivity index (χ0) is 15.8. The first-order chi connectivity index (χ1) is 9.74. The largest absolute Gasteiger partial charge is 0.330 e. The average molecular weight is 421 g/mol. The lowest BCUT2D eigenvalue weighted by Crippen LogP contribution is -2.40. The third-order valence-electron chi connectivity index (χ3n) is 2.82. The Morgan fingerprint density at radius 2 is 1.76 bits per heavy atom. The van der Waals surface area contributed by atoms with E-state index in [0.717, 1.165) is 15.3 Å². The summed E-state index contributed by atoms with van der Waals surface area (Å²) in [5.41, 5.74) is -1.08. The molecule has 1 heterocycles. The second-order valence-corrected chi connectivity index (χ2v) is 7.15. The lowest BCUT2D eigenvalue weighted by atomic mass is 10.3. The topological polar surface area (TPSA) is 90.2 Å². The quantitative estimate of drug-likeness (QED) is 0.731. The molecule has 0 aliphatic rings. The molecule has 0 amide bonds. The molecule has 0 unspecified atom stereocenters. The number of aromatic nitrogens is 2. The molecule has 7 nitrogen and oxygen atoms in total. The molecule has 1 N–H and O–H groups in total. The minimum Gasteiger partial charge on any atom is -0.302 e. The number of hydrogen-bond acceptors (Lipinski definition) is 4. The van der Waals surface area contributed by atoms with Crippen molar-refractivity contribution in [1.29, 1.82) is 0 Å². The van der Waals surface area contributed by atoms with Crippen LogP contribution in [-0.2, 0) is 24.1 Å². The minimum atomic E-state index is -4.08. The fourth-order valence-corrected chi connectivity index (χ4v) is 3.65. The zero-order valence-corrected chi connectivity index (χ0v) is 14.2. The van der Waals surface area contributed by atoms with Crippen LogP contribution in [0.25, 0.3) is 0 Å². The smallest absolute Gasteiger partial charge is 0.302 e. The molecule has 0 saturated carbocycles. The van der Waals surface area contributed by atoms with E-state index in [-0.39, 0.29) is 0 Å². The third-order valence-corrected chi connectivity index (χ3v) is 5.11. The third kappa shape index (κ3) is 3.02. The van der Waals surface area contributed by atoms with Crippen molar-refractivity contribution in [2.24, 2.45) is 14.1 Å². The van der Waals surface area contributed by atoms with E-state index in [1.165, 1.54) is 14.1 Å². The molecule has 0 spiro atoms. The molecule has 0 radical (unpaired) electrons. The van der Waals surface area contributed by atoms with Gasteiger partial charge in [-0.05, 0) is 34.7 Å². The van der Waals surface area contributed by atoms with Gasteiger partial charge in [0.1, 0.15) is 0 Å². The van der Waals surface area contributed by atoms with Gasteiger partial charge in [0.2, 0.25) is 0 Å². The van der Waals surface area contributed by atoms with Crippen molar-refractivity contribution < 1.29 is 8.42 Å². The number of anilines is 1. The highest BCUT2D eigenvalue weighted by Gasteiger charge is 2.22. The molecular formula is C12H12IN3O4S. The highest BCUT2D eigenvalue weighted by atomic mass is 127. The van der Waals surface area contributed by atoms with Gasteiger partial charge in [-0.15, -0.1) is 0 Å². The standard InChI is InChI=1S/C12H12IN3O4S/c1-15-7-10(11(17)16(2)12(15)18)21(19,20)14-9-6-4-3-5-8(9)13/h3-7,14H,1-2H3. The van der Waals surface area contributed by atoms with Gasteiger partial charge in [-0.25, -0.2) is 13.2 Å². The van der Waals surface area contributed by atoms with Crippen LogP contribution in [0.3, 0.4) is 0 Å². The number of para-hydroxylation sites is 1. The van der Waals surface area contributed by atoms with Crippen LogP contribution in [-0.4, -0.2) is 17.6 Å². The maximum absolute atomic E-state index is 12.3. The Balaban J connectivity index is 2.59. The van der Waals surface area contributed by atoms with Crippen molar-refractivity contribution in [1.82, 2.24) is 9.13 Å². The van der Waals surface area contributed by atoms with E-state index in [4.69, 9.17) is 0 Å². The zero-order valence-electron chi connectivity index (χ0n) is 11.2. The first-order valence-corrected chi connectivity index (χ1v) is 8.34. The van der Waals surface area contributed by atoms with Crippen molar-refractivity contribution in [3.8, 4) is 0 Å². The summed E-state index contributed by atoms with van der Waals surface area (Å²) in [6.07, 6.45) is 1.02. The van der Waals surface area contributed by atoms with Crippen molar-refractivity contribution >= 4 is 38.3 Å². The minimum absolute atomic E-state index is 0.369. The monoisotopic (exact) mass is 421 g/mol. The van der Waals surface area contributed by atoms with E-state index in [0.29, 0.717) is 9.26 Å². The van der Waals surface area contributed by atoms with E-state index < -0.39 is 26.2 Å². The predicted molar refractivity (Wildman–Crippen MR) is 86.9 cm³/mol. The maximum atomic E-state index is 12.3. The molecule has 0 saturated heterocycles. The molecular weight excluding hydrogens is 409 g/mol. The number of aryl methyl sites for hydroxylation is 1. The summed E-state index contributed by atoms with van der Waals surface area (Å²) in [7, 11) is -1.46. The van der Waals surface area contributed by atoms with Gasteiger partial charge in [-0.2, -0.15) is 0 Å². The van der Waals surface area contributed by atoms with Crippen molar-refractivity contribution in [2.45, 2.75) is 4.90 Å². The number of halogens is 1. The molecule has 2 rings (SSSR count). The van der Waals surface area contributed by atoms with Gasteiger partial charge in [0, 0.05) is 23.9 Å². The van der Waals surface area contributed by atoms with Gasteiger partial charge >= 0.3 is 5.69 Å². The summed E-state index contributed by atoms with van der Waals surface area (Å²) in [4.78, 5) is 23.1. The summed E-state index contributed by atoms with van der Waals surface area (Å²) in [5.74, 6) is 0. The summed E-state index contributed by atoms with van der Waals surface area (Å²) in [6.45, 7) is 0. The fraction of sp³-hybridized carbons (Fsp3) is 0.167. The molecule has 0 bridgehead atoms. The van der Waals surface area contributed by atoms with Crippen LogP contribution < -0.4 is 16.0 Å². The van der Waals surface area contributed by atoms with E-state index >= 15 is 0 Å². The van der Waals surface area contributed by atoms with E-state index in [1.54, 1.807) is 24.3 Å². The summed E-state index contributed by atoms with van der Waals surface area (Å²) in [5, 5.41) is 0. The van der Waals surface area contributed by atoms with Crippen LogP contribution in [0.1, 0.15) is 0 Å². The maximum Gasteiger partial charge on any atom is 0.330 e. The van der Waals surface area contributed by atoms with E-state index in [2.05, 4.69) is 4.72 Å².